The molecular formula is C21H15N3O3S2. The van der Waals surface area contributed by atoms with Crippen molar-refractivity contribution in [3.05, 3.63) is 54.1 Å². The molecule has 2 aromatic carbocycles. The first-order chi connectivity index (χ1) is 14.2. The minimum absolute atomic E-state index is 0.373. The Morgan fingerprint density at radius 3 is 2.34 bits per heavy atom. The van der Waals surface area contributed by atoms with E-state index in [1.54, 1.807) is 18.4 Å². The second-order valence-electron chi connectivity index (χ2n) is 6.25. The van der Waals surface area contributed by atoms with Crippen LogP contribution in [0.4, 0.5) is 10.9 Å². The Morgan fingerprint density at radius 1 is 0.931 bits per heavy atom. The van der Waals surface area contributed by atoms with Gasteiger partial charge < -0.3 is 14.8 Å². The highest BCUT2D eigenvalue weighted by Gasteiger charge is 2.21. The van der Waals surface area contributed by atoms with Crippen molar-refractivity contribution in [1.29, 1.82) is 0 Å². The number of fused-ring (bicyclic) bond motifs is 4. The van der Waals surface area contributed by atoms with Gasteiger partial charge in [-0.05, 0) is 12.1 Å². The zero-order chi connectivity index (χ0) is 20.0. The Kier molecular flexibility index (Phi) is 4.30. The summed E-state index contributed by atoms with van der Waals surface area (Å²) in [6.45, 7) is 0. The Bertz CT molecular complexity index is 1390. The summed E-state index contributed by atoms with van der Waals surface area (Å²) in [7, 11) is 2.97. The molecule has 5 rings (SSSR count). The lowest BCUT2D eigenvalue weighted by Crippen LogP contribution is -2.05. The van der Waals surface area contributed by atoms with Gasteiger partial charge >= 0.3 is 5.97 Å². The van der Waals surface area contributed by atoms with Crippen molar-refractivity contribution in [1.82, 2.24) is 9.97 Å². The Hall–Kier alpha value is -3.23. The molecule has 8 heteroatoms. The molecule has 0 radical (unpaired) electrons. The molecule has 0 saturated heterocycles. The summed E-state index contributed by atoms with van der Waals surface area (Å²) in [6, 6.07) is 15.8. The topological polar surface area (TPSA) is 73.3 Å². The van der Waals surface area contributed by atoms with Crippen molar-refractivity contribution < 1.29 is 14.3 Å². The van der Waals surface area contributed by atoms with Crippen molar-refractivity contribution in [2.24, 2.45) is 0 Å². The third-order valence-electron chi connectivity index (χ3n) is 4.61. The molecular weight excluding hydrogens is 406 g/mol. The molecule has 144 valence electrons. The van der Waals surface area contributed by atoms with Crippen molar-refractivity contribution in [2.75, 3.05) is 19.5 Å². The van der Waals surface area contributed by atoms with Gasteiger partial charge in [0.25, 0.3) is 0 Å². The van der Waals surface area contributed by atoms with Gasteiger partial charge in [-0.2, -0.15) is 4.98 Å². The van der Waals surface area contributed by atoms with Crippen LogP contribution in [0.5, 0.6) is 5.88 Å². The fraction of sp³-hybridized carbons (Fsp3) is 0.0952. The standard InChI is InChI=1S/C21H15N3O3S2/c1-26-17-15-11-7-3-5-9-13(11)28-18(15)23-21(22-17)24-19-16(20(25)27-2)12-8-4-6-10-14(12)29-19/h3-10H,1-2H3,(H,22,23,24). The normalized spacial score (nSPS) is 11.2. The molecule has 0 bridgehead atoms. The smallest absolute Gasteiger partial charge is 0.341 e. The molecule has 0 fully saturated rings. The molecule has 0 saturated carbocycles. The van der Waals surface area contributed by atoms with Gasteiger partial charge in [-0.15, -0.1) is 22.7 Å². The molecule has 0 unspecified atom stereocenters. The number of carbonyl (C=O) groups excluding carboxylic acids is 1. The average molecular weight is 422 g/mol. The molecule has 29 heavy (non-hydrogen) atoms. The minimum atomic E-state index is -0.403. The van der Waals surface area contributed by atoms with E-state index in [0.717, 1.165) is 30.4 Å². The predicted molar refractivity (Wildman–Crippen MR) is 118 cm³/mol. The summed E-state index contributed by atoms with van der Waals surface area (Å²) >= 11 is 3.03. The van der Waals surface area contributed by atoms with E-state index in [1.165, 1.54) is 18.4 Å². The fourth-order valence-electron chi connectivity index (χ4n) is 3.33. The number of anilines is 2. The van der Waals surface area contributed by atoms with E-state index in [9.17, 15) is 4.79 Å². The van der Waals surface area contributed by atoms with Crippen LogP contribution in [0.1, 0.15) is 10.4 Å². The number of ether oxygens (including phenoxy) is 2. The third-order valence-corrected chi connectivity index (χ3v) is 6.76. The summed E-state index contributed by atoms with van der Waals surface area (Å²) in [5.41, 5.74) is 0.479. The lowest BCUT2D eigenvalue weighted by molar-refractivity contribution is 0.0604. The second kappa shape index (κ2) is 6.98. The Labute approximate surface area is 173 Å². The van der Waals surface area contributed by atoms with E-state index in [2.05, 4.69) is 21.4 Å². The number of carbonyl (C=O) groups is 1. The molecule has 3 heterocycles. The highest BCUT2D eigenvalue weighted by Crippen LogP contribution is 2.40. The molecule has 1 N–H and O–H groups in total. The number of methoxy groups -OCH3 is 2. The number of aromatic nitrogens is 2. The molecule has 0 atom stereocenters. The molecule has 0 amide bonds. The van der Waals surface area contributed by atoms with Crippen LogP contribution in [-0.4, -0.2) is 30.2 Å². The van der Waals surface area contributed by atoms with Crippen LogP contribution in [0.15, 0.2) is 48.5 Å². The SMILES string of the molecule is COC(=O)c1c(Nc2nc(OC)c3c(n2)sc2ccccc23)sc2ccccc12. The second-order valence-corrected chi connectivity index (χ2v) is 8.34. The van der Waals surface area contributed by atoms with Gasteiger partial charge in [0.1, 0.15) is 15.4 Å². The Balaban J connectivity index is 1.68. The average Bonchev–Trinajstić information content (AvgIpc) is 3.30. The number of nitrogens with one attached hydrogen (secondary N) is 1. The molecule has 5 aromatic rings. The summed E-state index contributed by atoms with van der Waals surface area (Å²) in [6.07, 6.45) is 0. The van der Waals surface area contributed by atoms with Crippen molar-refractivity contribution in [3.63, 3.8) is 0 Å². The fourth-order valence-corrected chi connectivity index (χ4v) is 5.49. The number of hydrogen-bond acceptors (Lipinski definition) is 8. The number of thiophene rings is 2. The summed E-state index contributed by atoms with van der Waals surface area (Å²) in [5.74, 6) is 0.466. The first kappa shape index (κ1) is 17.8. The summed E-state index contributed by atoms with van der Waals surface area (Å²) < 4.78 is 12.7. The number of nitrogens with zero attached hydrogens (tertiary/aromatic N) is 2. The first-order valence-corrected chi connectivity index (χ1v) is 10.4. The zero-order valence-electron chi connectivity index (χ0n) is 15.6. The van der Waals surface area contributed by atoms with Crippen molar-refractivity contribution in [2.45, 2.75) is 0 Å². The maximum atomic E-state index is 12.4. The highest BCUT2D eigenvalue weighted by atomic mass is 32.1. The van der Waals surface area contributed by atoms with Crippen LogP contribution in [-0.2, 0) is 4.74 Å². The first-order valence-electron chi connectivity index (χ1n) is 8.79. The molecule has 0 aliphatic carbocycles. The van der Waals surface area contributed by atoms with Crippen molar-refractivity contribution in [3.8, 4) is 5.88 Å². The van der Waals surface area contributed by atoms with Crippen LogP contribution in [0.25, 0.3) is 30.4 Å². The van der Waals surface area contributed by atoms with Gasteiger partial charge in [0, 0.05) is 20.2 Å². The highest BCUT2D eigenvalue weighted by molar-refractivity contribution is 7.25. The van der Waals surface area contributed by atoms with E-state index in [-0.39, 0.29) is 0 Å². The van der Waals surface area contributed by atoms with Crippen LogP contribution in [0, 0.1) is 0 Å². The number of esters is 1. The van der Waals surface area contributed by atoms with Gasteiger partial charge in [0.2, 0.25) is 11.8 Å². The zero-order valence-corrected chi connectivity index (χ0v) is 17.2. The van der Waals surface area contributed by atoms with Crippen LogP contribution < -0.4 is 10.1 Å². The van der Waals surface area contributed by atoms with Gasteiger partial charge in [-0.25, -0.2) is 9.78 Å². The van der Waals surface area contributed by atoms with Gasteiger partial charge in [0.15, 0.2) is 0 Å². The molecule has 0 aliphatic rings. The van der Waals surface area contributed by atoms with Gasteiger partial charge in [0.05, 0.1) is 19.6 Å². The molecule has 6 nitrogen and oxygen atoms in total. The molecule has 0 aliphatic heterocycles. The molecule has 0 spiro atoms. The van der Waals surface area contributed by atoms with Crippen LogP contribution >= 0.6 is 22.7 Å². The summed E-state index contributed by atoms with van der Waals surface area (Å²) in [4.78, 5) is 22.5. The van der Waals surface area contributed by atoms with Crippen LogP contribution in [0.2, 0.25) is 0 Å². The maximum absolute atomic E-state index is 12.4. The monoisotopic (exact) mass is 421 g/mol. The van der Waals surface area contributed by atoms with E-state index in [4.69, 9.17) is 9.47 Å². The number of hydrogen-bond donors (Lipinski definition) is 1. The third kappa shape index (κ3) is 2.88. The van der Waals surface area contributed by atoms with E-state index in [1.807, 2.05) is 42.5 Å². The quantitative estimate of drug-likeness (QED) is 0.381. The predicted octanol–water partition coefficient (Wildman–Crippen LogP) is 5.60. The largest absolute Gasteiger partial charge is 0.480 e. The Morgan fingerprint density at radius 2 is 1.62 bits per heavy atom. The van der Waals surface area contributed by atoms with Crippen molar-refractivity contribution >= 4 is 70.0 Å². The number of rotatable bonds is 4. The lowest BCUT2D eigenvalue weighted by atomic mass is 10.1. The number of benzene rings is 2. The lowest BCUT2D eigenvalue weighted by Gasteiger charge is -2.08. The van der Waals surface area contributed by atoms with E-state index < -0.39 is 5.97 Å². The van der Waals surface area contributed by atoms with Crippen LogP contribution in [0.3, 0.4) is 0 Å². The maximum Gasteiger partial charge on any atom is 0.341 e. The summed E-state index contributed by atoms with van der Waals surface area (Å²) in [5, 5.41) is 6.64. The molecule has 3 aromatic heterocycles. The van der Waals surface area contributed by atoms with E-state index >= 15 is 0 Å². The van der Waals surface area contributed by atoms with Gasteiger partial charge in [-0.3, -0.25) is 0 Å². The van der Waals surface area contributed by atoms with E-state index in [0.29, 0.717) is 22.4 Å². The minimum Gasteiger partial charge on any atom is -0.480 e. The van der Waals surface area contributed by atoms with Gasteiger partial charge in [-0.1, -0.05) is 36.4 Å².